The molecular weight excluding hydrogens is 412 g/mol. The number of nitrogens with zero attached hydrogens (tertiary/aromatic N) is 6. The van der Waals surface area contributed by atoms with Crippen LogP contribution in [0.1, 0.15) is 38.3 Å². The number of rotatable bonds is 7. The molecule has 2 aliphatic carbocycles. The SMILES string of the molecule is CC(Nc1nc(Nc2ccnc(C3(C#N)CC3)c2)nc(-c2cccc(Cl)n2)n1)C1CC1. The van der Waals surface area contributed by atoms with Gasteiger partial charge >= 0.3 is 0 Å². The fourth-order valence-corrected chi connectivity index (χ4v) is 3.67. The summed E-state index contributed by atoms with van der Waals surface area (Å²) in [5, 5.41) is 16.5. The molecule has 2 aliphatic rings. The van der Waals surface area contributed by atoms with Crippen molar-refractivity contribution in [2.75, 3.05) is 10.6 Å². The van der Waals surface area contributed by atoms with Crippen LogP contribution in [0.4, 0.5) is 17.6 Å². The molecule has 3 aromatic rings. The van der Waals surface area contributed by atoms with Gasteiger partial charge in [-0.15, -0.1) is 0 Å². The van der Waals surface area contributed by atoms with E-state index in [0.29, 0.717) is 34.5 Å². The second-order valence-corrected chi connectivity index (χ2v) is 8.56. The fourth-order valence-electron chi connectivity index (χ4n) is 3.51. The first-order valence-corrected chi connectivity index (χ1v) is 10.7. The van der Waals surface area contributed by atoms with Crippen molar-refractivity contribution in [3.05, 3.63) is 47.4 Å². The molecule has 1 atom stereocenters. The Kier molecular flexibility index (Phi) is 4.91. The van der Waals surface area contributed by atoms with E-state index in [2.05, 4.69) is 48.5 Å². The van der Waals surface area contributed by atoms with Crippen molar-refractivity contribution in [1.82, 2.24) is 24.9 Å². The van der Waals surface area contributed by atoms with Gasteiger partial charge in [0.25, 0.3) is 0 Å². The lowest BCUT2D eigenvalue weighted by atomic mass is 10.0. The van der Waals surface area contributed by atoms with Crippen LogP contribution in [0.3, 0.4) is 0 Å². The molecule has 0 radical (unpaired) electrons. The van der Waals surface area contributed by atoms with Crippen molar-refractivity contribution < 1.29 is 0 Å². The van der Waals surface area contributed by atoms with Crippen LogP contribution in [0.25, 0.3) is 11.5 Å². The first-order chi connectivity index (χ1) is 15.0. The van der Waals surface area contributed by atoms with Crippen molar-refractivity contribution in [2.45, 2.75) is 44.1 Å². The number of hydrogen-bond acceptors (Lipinski definition) is 8. The van der Waals surface area contributed by atoms with Crippen LogP contribution in [0.5, 0.6) is 0 Å². The monoisotopic (exact) mass is 432 g/mol. The summed E-state index contributed by atoms with van der Waals surface area (Å²) in [5.74, 6) is 1.94. The maximum absolute atomic E-state index is 9.48. The third-order valence-electron chi connectivity index (χ3n) is 5.74. The van der Waals surface area contributed by atoms with Crippen LogP contribution < -0.4 is 10.6 Å². The minimum absolute atomic E-state index is 0.272. The van der Waals surface area contributed by atoms with E-state index in [0.717, 1.165) is 24.2 Å². The van der Waals surface area contributed by atoms with Crippen LogP contribution in [0, 0.1) is 17.2 Å². The molecule has 0 aliphatic heterocycles. The quantitative estimate of drug-likeness (QED) is 0.525. The van der Waals surface area contributed by atoms with E-state index >= 15 is 0 Å². The molecule has 5 rings (SSSR count). The molecule has 2 fully saturated rings. The highest BCUT2D eigenvalue weighted by Crippen LogP contribution is 2.47. The van der Waals surface area contributed by atoms with Crippen molar-refractivity contribution >= 4 is 29.2 Å². The number of nitrogens with one attached hydrogen (secondary N) is 2. The van der Waals surface area contributed by atoms with Crippen molar-refractivity contribution in [1.29, 1.82) is 5.26 Å². The standard InChI is InChI=1S/C22H21ClN8/c1-13(14-5-6-14)26-20-29-19(16-3-2-4-18(23)28-16)30-21(31-20)27-15-7-10-25-17(11-15)22(12-24)8-9-22/h2-4,7,10-11,13-14H,5-6,8-9H2,1H3,(H2,25,26,27,29,30,31). The third-order valence-corrected chi connectivity index (χ3v) is 5.95. The average molecular weight is 433 g/mol. The van der Waals surface area contributed by atoms with Crippen molar-refractivity contribution in [3.63, 3.8) is 0 Å². The van der Waals surface area contributed by atoms with Gasteiger partial charge in [0.05, 0.1) is 17.2 Å². The number of nitriles is 1. The first kappa shape index (κ1) is 19.6. The van der Waals surface area contributed by atoms with E-state index in [1.165, 1.54) is 12.8 Å². The Morgan fingerprint density at radius 3 is 2.65 bits per heavy atom. The van der Waals surface area contributed by atoms with Gasteiger partial charge in [-0.1, -0.05) is 17.7 Å². The molecule has 3 heterocycles. The highest BCUT2D eigenvalue weighted by molar-refractivity contribution is 6.29. The van der Waals surface area contributed by atoms with Gasteiger partial charge in [-0.25, -0.2) is 4.98 Å². The van der Waals surface area contributed by atoms with Gasteiger partial charge in [-0.2, -0.15) is 20.2 Å². The summed E-state index contributed by atoms with van der Waals surface area (Å²) in [7, 11) is 0. The number of halogens is 1. The molecule has 9 heteroatoms. The smallest absolute Gasteiger partial charge is 0.232 e. The lowest BCUT2D eigenvalue weighted by molar-refractivity contribution is 0.685. The highest BCUT2D eigenvalue weighted by atomic mass is 35.5. The Hall–Kier alpha value is -3.31. The molecule has 3 aromatic heterocycles. The first-order valence-electron chi connectivity index (χ1n) is 10.3. The molecule has 0 spiro atoms. The number of anilines is 3. The van der Waals surface area contributed by atoms with Crippen molar-refractivity contribution in [3.8, 4) is 17.6 Å². The highest BCUT2D eigenvalue weighted by Gasteiger charge is 2.46. The summed E-state index contributed by atoms with van der Waals surface area (Å²) in [4.78, 5) is 22.4. The summed E-state index contributed by atoms with van der Waals surface area (Å²) in [6.07, 6.45) is 5.80. The second kappa shape index (κ2) is 7.75. The summed E-state index contributed by atoms with van der Waals surface area (Å²) >= 11 is 6.07. The van der Waals surface area contributed by atoms with Gasteiger partial charge in [0, 0.05) is 17.9 Å². The van der Waals surface area contributed by atoms with Crippen molar-refractivity contribution in [2.24, 2.45) is 5.92 Å². The number of hydrogen-bond donors (Lipinski definition) is 2. The van der Waals surface area contributed by atoms with E-state index in [9.17, 15) is 5.26 Å². The van der Waals surface area contributed by atoms with E-state index in [4.69, 9.17) is 11.6 Å². The van der Waals surface area contributed by atoms with Crippen LogP contribution in [-0.2, 0) is 5.41 Å². The Morgan fingerprint density at radius 1 is 1.13 bits per heavy atom. The van der Waals surface area contributed by atoms with Crippen LogP contribution in [-0.4, -0.2) is 31.0 Å². The van der Waals surface area contributed by atoms with E-state index in [-0.39, 0.29) is 6.04 Å². The lowest BCUT2D eigenvalue weighted by Gasteiger charge is -2.15. The molecule has 0 bridgehead atoms. The number of pyridine rings is 2. The van der Waals surface area contributed by atoms with Crippen LogP contribution in [0.2, 0.25) is 5.15 Å². The average Bonchev–Trinajstić information content (AvgIpc) is 3.68. The molecular formula is C22H21ClN8. The lowest BCUT2D eigenvalue weighted by Crippen LogP contribution is -2.20. The zero-order valence-corrected chi connectivity index (χ0v) is 17.8. The minimum Gasteiger partial charge on any atom is -0.351 e. The van der Waals surface area contributed by atoms with Gasteiger partial charge < -0.3 is 10.6 Å². The molecule has 8 nitrogen and oxygen atoms in total. The zero-order valence-electron chi connectivity index (χ0n) is 17.0. The minimum atomic E-state index is -0.459. The summed E-state index contributed by atoms with van der Waals surface area (Å²) < 4.78 is 0. The van der Waals surface area contributed by atoms with Gasteiger partial charge in [-0.3, -0.25) is 4.98 Å². The zero-order chi connectivity index (χ0) is 21.4. The Bertz CT molecular complexity index is 1170. The summed E-state index contributed by atoms with van der Waals surface area (Å²) in [6, 6.07) is 11.7. The van der Waals surface area contributed by atoms with E-state index < -0.39 is 5.41 Å². The molecule has 2 N–H and O–H groups in total. The largest absolute Gasteiger partial charge is 0.351 e. The number of aromatic nitrogens is 5. The molecule has 156 valence electrons. The fraction of sp³-hybridized carbons (Fsp3) is 0.364. The molecule has 0 saturated heterocycles. The molecule has 2 saturated carbocycles. The molecule has 0 amide bonds. The second-order valence-electron chi connectivity index (χ2n) is 8.17. The van der Waals surface area contributed by atoms with Gasteiger partial charge in [0.2, 0.25) is 11.9 Å². The Labute approximate surface area is 185 Å². The summed E-state index contributed by atoms with van der Waals surface area (Å²) in [6.45, 7) is 2.14. The predicted octanol–water partition coefficient (Wildman–Crippen LogP) is 4.49. The molecule has 0 aromatic carbocycles. The Morgan fingerprint density at radius 2 is 1.94 bits per heavy atom. The normalized spacial score (nSPS) is 17.5. The topological polar surface area (TPSA) is 112 Å². The maximum atomic E-state index is 9.48. The summed E-state index contributed by atoms with van der Waals surface area (Å²) in [5.41, 5.74) is 1.64. The maximum Gasteiger partial charge on any atom is 0.232 e. The van der Waals surface area contributed by atoms with Gasteiger partial charge in [-0.05, 0) is 62.8 Å². The van der Waals surface area contributed by atoms with E-state index in [1.54, 1.807) is 12.3 Å². The van der Waals surface area contributed by atoms with Crippen LogP contribution in [0.15, 0.2) is 36.5 Å². The molecule has 1 unspecified atom stereocenters. The van der Waals surface area contributed by atoms with E-state index in [1.807, 2.05) is 24.3 Å². The molecule has 31 heavy (non-hydrogen) atoms. The van der Waals surface area contributed by atoms with Gasteiger partial charge in [0.1, 0.15) is 10.8 Å². The van der Waals surface area contributed by atoms with Gasteiger partial charge in [0.15, 0.2) is 5.82 Å². The van der Waals surface area contributed by atoms with Crippen LogP contribution >= 0.6 is 11.6 Å². The Balaban J connectivity index is 1.48. The predicted molar refractivity (Wildman–Crippen MR) is 118 cm³/mol. The third kappa shape index (κ3) is 4.28.